The van der Waals surface area contributed by atoms with Crippen molar-refractivity contribution < 1.29 is 29.0 Å². The van der Waals surface area contributed by atoms with Crippen LogP contribution in [-0.2, 0) is 23.9 Å². The molecule has 35 heavy (non-hydrogen) atoms. The molecule has 1 aliphatic heterocycles. The molecule has 4 N–H and O–H groups in total. The number of carbonyl (C=O) groups is 4. The summed E-state index contributed by atoms with van der Waals surface area (Å²) in [6.45, 7) is -0.0555. The topological polar surface area (TPSA) is 134 Å². The van der Waals surface area contributed by atoms with E-state index in [-0.39, 0.29) is 18.6 Å². The van der Waals surface area contributed by atoms with E-state index in [0.717, 1.165) is 5.56 Å². The Labute approximate surface area is 208 Å². The highest BCUT2D eigenvalue weighted by molar-refractivity contribution is 7.98. The van der Waals surface area contributed by atoms with Crippen LogP contribution in [0, 0.1) is 0 Å². The van der Waals surface area contributed by atoms with Crippen molar-refractivity contribution in [1.82, 2.24) is 16.0 Å². The van der Waals surface area contributed by atoms with E-state index in [1.165, 1.54) is 18.0 Å². The molecule has 1 aromatic carbocycles. The number of thioether (sulfide) groups is 1. The van der Waals surface area contributed by atoms with E-state index in [1.807, 2.05) is 36.6 Å². The summed E-state index contributed by atoms with van der Waals surface area (Å²) in [5.74, 6) is -1.49. The lowest BCUT2D eigenvalue weighted by atomic mass is 9.89. The Morgan fingerprint density at radius 2 is 2.06 bits per heavy atom. The predicted molar refractivity (Wildman–Crippen MR) is 133 cm³/mol. The second kappa shape index (κ2) is 12.9. The van der Waals surface area contributed by atoms with Crippen LogP contribution in [0.25, 0.3) is 5.57 Å². The van der Waals surface area contributed by atoms with Crippen LogP contribution in [0.15, 0.2) is 59.9 Å². The number of hydrogen-bond acceptors (Lipinski definition) is 7. The number of rotatable bonds is 11. The Hall–Kier alpha value is -3.37. The van der Waals surface area contributed by atoms with E-state index < -0.39 is 23.9 Å². The molecule has 0 bridgehead atoms. The van der Waals surface area contributed by atoms with Gasteiger partial charge in [-0.05, 0) is 54.1 Å². The predicted octanol–water partition coefficient (Wildman–Crippen LogP) is 1.98. The quantitative estimate of drug-likeness (QED) is 0.268. The summed E-state index contributed by atoms with van der Waals surface area (Å²) in [5, 5.41) is 17.8. The molecule has 0 radical (unpaired) electrons. The van der Waals surface area contributed by atoms with Gasteiger partial charge in [-0.2, -0.15) is 11.8 Å². The zero-order chi connectivity index (χ0) is 25.2. The highest BCUT2D eigenvalue weighted by Crippen LogP contribution is 2.31. The van der Waals surface area contributed by atoms with E-state index in [9.17, 15) is 24.3 Å². The van der Waals surface area contributed by atoms with Crippen LogP contribution in [-0.4, -0.2) is 59.6 Å². The van der Waals surface area contributed by atoms with Crippen LogP contribution in [0.4, 0.5) is 0 Å². The Kier molecular flexibility index (Phi) is 9.68. The SMILES string of the molecule is CSCC[C@H](NC(=O)C1=CCC(=COC(=O)CN[C@@H]2CCC(=O)N2)C=C1c1ccccc1)C(=O)O. The summed E-state index contributed by atoms with van der Waals surface area (Å²) in [5.41, 5.74) is 2.44. The third-order valence-corrected chi connectivity index (χ3v) is 6.18. The maximum atomic E-state index is 13.0. The van der Waals surface area contributed by atoms with E-state index in [0.29, 0.717) is 48.2 Å². The lowest BCUT2D eigenvalue weighted by Crippen LogP contribution is -2.42. The normalized spacial score (nSPS) is 19.4. The maximum Gasteiger partial charge on any atom is 0.326 e. The Bertz CT molecular complexity index is 1050. The third-order valence-electron chi connectivity index (χ3n) is 5.54. The fourth-order valence-electron chi connectivity index (χ4n) is 3.69. The van der Waals surface area contributed by atoms with E-state index in [4.69, 9.17) is 4.74 Å². The van der Waals surface area contributed by atoms with Crippen molar-refractivity contribution in [3.63, 3.8) is 0 Å². The smallest absolute Gasteiger partial charge is 0.326 e. The summed E-state index contributed by atoms with van der Waals surface area (Å²) in [7, 11) is 0. The minimum absolute atomic E-state index is 0.0516. The number of carboxylic acid groups (broad SMARTS) is 1. The molecule has 9 nitrogen and oxygen atoms in total. The van der Waals surface area contributed by atoms with Gasteiger partial charge in [0.15, 0.2) is 0 Å². The number of benzene rings is 1. The molecule has 0 spiro atoms. The van der Waals surface area contributed by atoms with Crippen LogP contribution >= 0.6 is 11.8 Å². The van der Waals surface area contributed by atoms with Crippen molar-refractivity contribution in [3.05, 3.63) is 65.5 Å². The first-order chi connectivity index (χ1) is 16.9. The van der Waals surface area contributed by atoms with Gasteiger partial charge in [0, 0.05) is 12.0 Å². The second-order valence-electron chi connectivity index (χ2n) is 8.11. The number of hydrogen-bond donors (Lipinski definition) is 4. The average molecular weight is 500 g/mol. The Morgan fingerprint density at radius 1 is 1.29 bits per heavy atom. The van der Waals surface area contributed by atoms with Gasteiger partial charge in [-0.1, -0.05) is 36.4 Å². The fourth-order valence-corrected chi connectivity index (χ4v) is 4.16. The number of ether oxygens (including phenoxy) is 1. The summed E-state index contributed by atoms with van der Waals surface area (Å²) >= 11 is 1.51. The molecule has 0 unspecified atom stereocenters. The standard InChI is InChI=1S/C25H29N3O6S/c1-35-12-11-20(25(32)33)27-24(31)18-8-7-16(13-19(18)17-5-3-2-4-6-17)15-34-23(30)14-26-21-9-10-22(29)28-21/h2-6,8,13,15,20-21,26H,7,9-12,14H2,1H3,(H,27,31)(H,28,29)(H,32,33)/t20-,21-/m0/s1. The van der Waals surface area contributed by atoms with Crippen molar-refractivity contribution in [1.29, 1.82) is 0 Å². The molecule has 1 heterocycles. The number of aliphatic carboxylic acids is 1. The van der Waals surface area contributed by atoms with E-state index in [2.05, 4.69) is 16.0 Å². The van der Waals surface area contributed by atoms with Crippen LogP contribution in [0.1, 0.15) is 31.2 Å². The lowest BCUT2D eigenvalue weighted by Gasteiger charge is -2.20. The lowest BCUT2D eigenvalue weighted by molar-refractivity contribution is -0.141. The Balaban J connectivity index is 1.70. The summed E-state index contributed by atoms with van der Waals surface area (Å²) < 4.78 is 5.26. The molecule has 2 amide bonds. The average Bonchev–Trinajstić information content (AvgIpc) is 3.29. The van der Waals surface area contributed by atoms with Gasteiger partial charge in [0.05, 0.1) is 19.0 Å². The molecule has 1 aromatic rings. The third kappa shape index (κ3) is 7.83. The molecule has 186 valence electrons. The second-order valence-corrected chi connectivity index (χ2v) is 9.10. The maximum absolute atomic E-state index is 13.0. The summed E-state index contributed by atoms with van der Waals surface area (Å²) in [4.78, 5) is 48.0. The van der Waals surface area contributed by atoms with Gasteiger partial charge < -0.3 is 20.5 Å². The van der Waals surface area contributed by atoms with Crippen molar-refractivity contribution in [2.75, 3.05) is 18.6 Å². The number of nitrogens with one attached hydrogen (secondary N) is 3. The highest BCUT2D eigenvalue weighted by Gasteiger charge is 2.25. The molecular formula is C25H29N3O6S. The van der Waals surface area contributed by atoms with Gasteiger partial charge in [0.2, 0.25) is 5.91 Å². The monoisotopic (exact) mass is 499 g/mol. The van der Waals surface area contributed by atoms with Gasteiger partial charge in [0.25, 0.3) is 5.91 Å². The van der Waals surface area contributed by atoms with Crippen LogP contribution in [0.3, 0.4) is 0 Å². The van der Waals surface area contributed by atoms with Crippen molar-refractivity contribution >= 4 is 41.1 Å². The van der Waals surface area contributed by atoms with E-state index >= 15 is 0 Å². The summed E-state index contributed by atoms with van der Waals surface area (Å²) in [6, 6.07) is 8.26. The molecule has 1 aliphatic carbocycles. The molecule has 0 aromatic heterocycles. The minimum atomic E-state index is -1.08. The van der Waals surface area contributed by atoms with Crippen LogP contribution < -0.4 is 16.0 Å². The van der Waals surface area contributed by atoms with Crippen molar-refractivity contribution in [2.24, 2.45) is 0 Å². The number of allylic oxidation sites excluding steroid dienone is 3. The number of carbonyl (C=O) groups excluding carboxylic acids is 3. The number of carboxylic acids is 1. The highest BCUT2D eigenvalue weighted by atomic mass is 32.2. The molecular weight excluding hydrogens is 470 g/mol. The Morgan fingerprint density at radius 3 is 2.71 bits per heavy atom. The van der Waals surface area contributed by atoms with E-state index in [1.54, 1.807) is 12.2 Å². The van der Waals surface area contributed by atoms with Gasteiger partial charge in [-0.25, -0.2) is 4.79 Å². The molecule has 10 heteroatoms. The first-order valence-electron chi connectivity index (χ1n) is 11.3. The first kappa shape index (κ1) is 26.2. The molecule has 1 fully saturated rings. The van der Waals surface area contributed by atoms with Crippen LogP contribution in [0.5, 0.6) is 0 Å². The molecule has 2 atom stereocenters. The van der Waals surface area contributed by atoms with Crippen molar-refractivity contribution in [3.8, 4) is 0 Å². The van der Waals surface area contributed by atoms with Crippen LogP contribution in [0.2, 0.25) is 0 Å². The van der Waals surface area contributed by atoms with Gasteiger partial charge in [-0.3, -0.25) is 19.7 Å². The van der Waals surface area contributed by atoms with Gasteiger partial charge >= 0.3 is 11.9 Å². The fraction of sp³-hybridized carbons (Fsp3) is 0.360. The van der Waals surface area contributed by atoms with Gasteiger partial charge in [-0.15, -0.1) is 0 Å². The zero-order valence-corrected chi connectivity index (χ0v) is 20.2. The molecule has 3 rings (SSSR count). The first-order valence-corrected chi connectivity index (χ1v) is 12.7. The molecule has 1 saturated heterocycles. The molecule has 2 aliphatic rings. The minimum Gasteiger partial charge on any atom is -0.480 e. The van der Waals surface area contributed by atoms with Crippen molar-refractivity contribution in [2.45, 2.75) is 37.9 Å². The molecule has 0 saturated carbocycles. The number of amides is 2. The zero-order valence-electron chi connectivity index (χ0n) is 19.4. The summed E-state index contributed by atoms with van der Waals surface area (Å²) in [6.07, 6.45) is 8.16. The largest absolute Gasteiger partial charge is 0.480 e. The van der Waals surface area contributed by atoms with Gasteiger partial charge in [0.1, 0.15) is 6.04 Å². The number of esters is 1.